The lowest BCUT2D eigenvalue weighted by molar-refractivity contribution is 0.0413. The number of carbonyl (C=O) groups is 1. The zero-order chi connectivity index (χ0) is 20.4. The molecule has 0 radical (unpaired) electrons. The van der Waals surface area contributed by atoms with Crippen LogP contribution in [0.3, 0.4) is 0 Å². The summed E-state index contributed by atoms with van der Waals surface area (Å²) >= 11 is 3.48. The molecule has 26 heavy (non-hydrogen) atoms. The maximum Gasteiger partial charge on any atom is 0.408 e. The van der Waals surface area contributed by atoms with E-state index in [1.807, 2.05) is 39.8 Å². The van der Waals surface area contributed by atoms with Crippen LogP contribution >= 0.6 is 15.9 Å². The van der Waals surface area contributed by atoms with Crippen molar-refractivity contribution >= 4 is 30.3 Å². The third kappa shape index (κ3) is 6.67. The summed E-state index contributed by atoms with van der Waals surface area (Å²) in [5.41, 5.74) is -0.658. The largest absolute Gasteiger partial charge is 0.444 e. The summed E-state index contributed by atoms with van der Waals surface area (Å²) in [7, 11) is -1.99. The first kappa shape index (κ1) is 23.1. The van der Waals surface area contributed by atoms with Crippen LogP contribution in [0.25, 0.3) is 0 Å². The fourth-order valence-corrected chi connectivity index (χ4v) is 3.37. The second-order valence-corrected chi connectivity index (χ2v) is 15.1. The number of hydrogen-bond acceptors (Lipinski definition) is 4. The van der Waals surface area contributed by atoms with Crippen molar-refractivity contribution < 1.29 is 14.0 Å². The van der Waals surface area contributed by atoms with Crippen molar-refractivity contribution in [3.63, 3.8) is 0 Å². The molecule has 5 nitrogen and oxygen atoms in total. The molecule has 0 unspecified atom stereocenters. The number of hydrogen-bond donors (Lipinski definition) is 1. The summed E-state index contributed by atoms with van der Waals surface area (Å²) in [5, 5.41) is 3.04. The number of carbonyl (C=O) groups excluding carboxylic acids is 1. The highest BCUT2D eigenvalue weighted by molar-refractivity contribution is 9.10. The molecule has 0 aliphatic heterocycles. The Balaban J connectivity index is 3.12. The van der Waals surface area contributed by atoms with Gasteiger partial charge >= 0.3 is 6.09 Å². The molecule has 7 heteroatoms. The third-order valence-corrected chi connectivity index (χ3v) is 9.56. The molecule has 0 bridgehead atoms. The number of ether oxygens (including phenoxy) is 1. The average molecular weight is 445 g/mol. The Labute approximate surface area is 167 Å². The van der Waals surface area contributed by atoms with E-state index in [-0.39, 0.29) is 5.04 Å². The Morgan fingerprint density at radius 3 is 2.23 bits per heavy atom. The van der Waals surface area contributed by atoms with Gasteiger partial charge in [-0.3, -0.25) is 4.98 Å². The molecule has 1 amide bonds. The van der Waals surface area contributed by atoms with Crippen LogP contribution in [-0.2, 0) is 14.7 Å². The van der Waals surface area contributed by atoms with Gasteiger partial charge in [-0.25, -0.2) is 4.79 Å². The number of alkyl carbamates (subject to hydrolysis) is 1. The van der Waals surface area contributed by atoms with Crippen molar-refractivity contribution in [3.05, 3.63) is 28.5 Å². The van der Waals surface area contributed by atoms with Gasteiger partial charge in [0.1, 0.15) is 11.1 Å². The van der Waals surface area contributed by atoms with E-state index in [0.717, 1.165) is 10.2 Å². The number of pyridine rings is 1. The molecule has 148 valence electrons. The van der Waals surface area contributed by atoms with Crippen LogP contribution in [0, 0.1) is 0 Å². The Bertz CT molecular complexity index is 638. The molecule has 0 saturated heterocycles. The highest BCUT2D eigenvalue weighted by Crippen LogP contribution is 2.37. The highest BCUT2D eigenvalue weighted by Gasteiger charge is 2.41. The van der Waals surface area contributed by atoms with Crippen molar-refractivity contribution in [1.82, 2.24) is 10.3 Å². The zero-order valence-electron chi connectivity index (χ0n) is 17.5. The molecule has 0 saturated carbocycles. The Kier molecular flexibility index (Phi) is 7.10. The Morgan fingerprint density at radius 2 is 1.77 bits per heavy atom. The summed E-state index contributed by atoms with van der Waals surface area (Å²) < 4.78 is 12.7. The Morgan fingerprint density at radius 1 is 1.19 bits per heavy atom. The predicted octanol–water partition coefficient (Wildman–Crippen LogP) is 5.61. The van der Waals surface area contributed by atoms with Gasteiger partial charge in [0.2, 0.25) is 0 Å². The van der Waals surface area contributed by atoms with Gasteiger partial charge in [0.25, 0.3) is 0 Å². The first-order chi connectivity index (χ1) is 11.6. The molecule has 0 spiro atoms. The van der Waals surface area contributed by atoms with Gasteiger partial charge in [-0.05, 0) is 58.0 Å². The van der Waals surface area contributed by atoms with E-state index in [9.17, 15) is 4.79 Å². The summed E-state index contributed by atoms with van der Waals surface area (Å²) in [6.07, 6.45) is 1.22. The lowest BCUT2D eigenvalue weighted by atomic mass is 9.98. The van der Waals surface area contributed by atoms with Crippen LogP contribution in [-0.4, -0.2) is 31.6 Å². The summed E-state index contributed by atoms with van der Waals surface area (Å²) in [6, 6.07) is 3.75. The molecule has 1 rings (SSSR count). The topological polar surface area (TPSA) is 60.5 Å². The van der Waals surface area contributed by atoms with Crippen molar-refractivity contribution in [3.8, 4) is 0 Å². The van der Waals surface area contributed by atoms with E-state index in [1.54, 1.807) is 6.20 Å². The van der Waals surface area contributed by atoms with Crippen LogP contribution < -0.4 is 5.32 Å². The Hall–Kier alpha value is -0.923. The van der Waals surface area contributed by atoms with Gasteiger partial charge < -0.3 is 14.5 Å². The SMILES string of the molecule is CC(C)(C)OC(=O)N[C@@](C)(CO[Si](C)(C)C(C)(C)C)c1cc(Br)ccn1. The smallest absolute Gasteiger partial charge is 0.408 e. The van der Waals surface area contributed by atoms with Gasteiger partial charge in [0.05, 0.1) is 12.3 Å². The van der Waals surface area contributed by atoms with Gasteiger partial charge in [-0.15, -0.1) is 0 Å². The lowest BCUT2D eigenvalue weighted by Crippen LogP contribution is -2.52. The van der Waals surface area contributed by atoms with E-state index >= 15 is 0 Å². The van der Waals surface area contributed by atoms with Gasteiger partial charge in [0, 0.05) is 10.7 Å². The number of nitrogens with zero attached hydrogens (tertiary/aromatic N) is 1. The molecule has 1 aromatic rings. The van der Waals surface area contributed by atoms with E-state index in [4.69, 9.17) is 9.16 Å². The molecule has 0 aromatic carbocycles. The van der Waals surface area contributed by atoms with Crippen LogP contribution in [0.1, 0.15) is 54.2 Å². The van der Waals surface area contributed by atoms with Gasteiger partial charge in [-0.1, -0.05) is 36.7 Å². The molecule has 1 N–H and O–H groups in total. The van der Waals surface area contributed by atoms with Crippen LogP contribution in [0.15, 0.2) is 22.8 Å². The van der Waals surface area contributed by atoms with Crippen molar-refractivity contribution in [2.45, 2.75) is 77.7 Å². The maximum atomic E-state index is 12.4. The number of rotatable bonds is 5. The number of amides is 1. The standard InChI is InChI=1S/C19H33BrN2O3Si/c1-17(2,3)25-16(23)22-19(7,15-12-14(20)10-11-21-15)13-24-26(8,9)18(4,5)6/h10-12H,13H2,1-9H3,(H,22,23)/t19-/m0/s1. The molecular weight excluding hydrogens is 412 g/mol. The second kappa shape index (κ2) is 7.98. The predicted molar refractivity (Wildman–Crippen MR) is 112 cm³/mol. The van der Waals surface area contributed by atoms with E-state index in [1.165, 1.54) is 0 Å². The number of nitrogens with one attached hydrogen (secondary N) is 1. The fourth-order valence-electron chi connectivity index (χ4n) is 1.95. The average Bonchev–Trinajstić information content (AvgIpc) is 2.42. The zero-order valence-corrected chi connectivity index (χ0v) is 20.1. The van der Waals surface area contributed by atoms with Gasteiger partial charge in [-0.2, -0.15) is 0 Å². The molecule has 0 aliphatic rings. The summed E-state index contributed by atoms with van der Waals surface area (Å²) in [6.45, 7) is 18.7. The fraction of sp³-hybridized carbons (Fsp3) is 0.684. The molecular formula is C19H33BrN2O3Si. The lowest BCUT2D eigenvalue weighted by Gasteiger charge is -2.40. The minimum absolute atomic E-state index is 0.0739. The van der Waals surface area contributed by atoms with E-state index < -0.39 is 25.6 Å². The molecule has 0 aliphatic carbocycles. The first-order valence-corrected chi connectivity index (χ1v) is 12.5. The first-order valence-electron chi connectivity index (χ1n) is 8.83. The molecule has 1 aromatic heterocycles. The highest BCUT2D eigenvalue weighted by atomic mass is 79.9. The number of aromatic nitrogens is 1. The molecule has 0 fully saturated rings. The molecule has 1 heterocycles. The van der Waals surface area contributed by atoms with Crippen LogP contribution in [0.2, 0.25) is 18.1 Å². The third-order valence-electron chi connectivity index (χ3n) is 4.59. The maximum absolute atomic E-state index is 12.4. The normalized spacial score (nSPS) is 15.3. The minimum atomic E-state index is -1.99. The second-order valence-electron chi connectivity index (χ2n) is 9.37. The van der Waals surface area contributed by atoms with E-state index in [0.29, 0.717) is 6.61 Å². The quantitative estimate of drug-likeness (QED) is 0.599. The van der Waals surface area contributed by atoms with Crippen LogP contribution in [0.4, 0.5) is 4.79 Å². The summed E-state index contributed by atoms with van der Waals surface area (Å²) in [5.74, 6) is 0. The van der Waals surface area contributed by atoms with Crippen molar-refractivity contribution in [2.24, 2.45) is 0 Å². The van der Waals surface area contributed by atoms with Gasteiger partial charge in [0.15, 0.2) is 8.32 Å². The van der Waals surface area contributed by atoms with Crippen LogP contribution in [0.5, 0.6) is 0 Å². The number of halogens is 1. The van der Waals surface area contributed by atoms with E-state index in [2.05, 4.69) is 60.1 Å². The molecule has 1 atom stereocenters. The minimum Gasteiger partial charge on any atom is -0.444 e. The van der Waals surface area contributed by atoms with Crippen molar-refractivity contribution in [1.29, 1.82) is 0 Å². The monoisotopic (exact) mass is 444 g/mol. The summed E-state index contributed by atoms with van der Waals surface area (Å²) in [4.78, 5) is 16.9. The van der Waals surface area contributed by atoms with Crippen molar-refractivity contribution in [2.75, 3.05) is 6.61 Å².